The Kier molecular flexibility index (Phi) is 21.1. The molecule has 0 saturated heterocycles. The number of hydrogen-bond acceptors (Lipinski definition) is 2. The van der Waals surface area contributed by atoms with E-state index in [9.17, 15) is 0 Å². The van der Waals surface area contributed by atoms with Gasteiger partial charge in [-0.1, -0.05) is 134 Å². The summed E-state index contributed by atoms with van der Waals surface area (Å²) in [5, 5.41) is 0. The minimum absolute atomic E-state index is 0.814. The van der Waals surface area contributed by atoms with Gasteiger partial charge in [-0.2, -0.15) is 0 Å². The van der Waals surface area contributed by atoms with Gasteiger partial charge in [0.25, 0.3) is 0 Å². The Bertz CT molecular complexity index is 952. The molecule has 196 valence electrons. The zero-order valence-electron chi connectivity index (χ0n) is 24.4. The summed E-state index contributed by atoms with van der Waals surface area (Å²) in [6.45, 7) is 20.2. The fourth-order valence-electron chi connectivity index (χ4n) is 3.11. The normalized spacial score (nSPS) is 8.50. The highest BCUT2D eigenvalue weighted by Crippen LogP contribution is 2.26. The first-order chi connectivity index (χ1) is 17.5. The Morgan fingerprint density at radius 2 is 0.889 bits per heavy atom. The van der Waals surface area contributed by atoms with Gasteiger partial charge in [-0.3, -0.25) is 0 Å². The molecule has 0 aliphatic carbocycles. The van der Waals surface area contributed by atoms with Gasteiger partial charge in [-0.25, -0.2) is 0 Å². The largest absolute Gasteiger partial charge is 0.399 e. The van der Waals surface area contributed by atoms with Gasteiger partial charge in [0, 0.05) is 16.9 Å². The van der Waals surface area contributed by atoms with E-state index in [0.717, 1.165) is 16.9 Å². The molecule has 0 spiro atoms. The number of anilines is 2. The van der Waals surface area contributed by atoms with Gasteiger partial charge in [0.2, 0.25) is 0 Å². The Hall–Kier alpha value is -3.52. The monoisotopic (exact) mass is 486 g/mol. The van der Waals surface area contributed by atoms with E-state index in [4.69, 9.17) is 11.5 Å². The van der Waals surface area contributed by atoms with Gasteiger partial charge >= 0.3 is 0 Å². The average molecular weight is 487 g/mol. The fraction of sp³-hybridized carbons (Fsp3) is 0.294. The molecule has 0 aliphatic heterocycles. The molecular formula is C34H50N2. The molecule has 0 unspecified atom stereocenters. The van der Waals surface area contributed by atoms with Gasteiger partial charge < -0.3 is 11.5 Å². The molecule has 4 rings (SSSR count). The third kappa shape index (κ3) is 12.3. The molecule has 0 aliphatic rings. The molecule has 4 aromatic carbocycles. The van der Waals surface area contributed by atoms with E-state index in [-0.39, 0.29) is 0 Å². The van der Waals surface area contributed by atoms with E-state index in [1.54, 1.807) is 0 Å². The summed E-state index contributed by atoms with van der Waals surface area (Å²) >= 11 is 0. The number of rotatable bonds is 2. The molecule has 0 aromatic heterocycles. The lowest BCUT2D eigenvalue weighted by Crippen LogP contribution is -1.90. The SMILES string of the molecule is CC.CC.CC.CC.Cc1ccc(N)c(-c2ccccc2)c1.Cc1ccc(N)cc1-c1ccccc1. The van der Waals surface area contributed by atoms with E-state index in [0.29, 0.717) is 0 Å². The topological polar surface area (TPSA) is 52.0 Å². The van der Waals surface area contributed by atoms with Gasteiger partial charge in [-0.05, 0) is 60.4 Å². The minimum Gasteiger partial charge on any atom is -0.399 e. The maximum Gasteiger partial charge on any atom is 0.0393 e. The molecule has 0 bridgehead atoms. The standard InChI is InChI=1S/2C13H13N.4C2H6/c1-10-7-8-12(14)9-13(10)11-5-3-2-4-6-11;1-10-7-8-13(14)12(9-10)11-5-3-2-4-6-11;4*1-2/h2*2-9H,14H2,1H3;4*1-2H3. The van der Waals surface area contributed by atoms with E-state index < -0.39 is 0 Å². The van der Waals surface area contributed by atoms with Crippen molar-refractivity contribution in [2.45, 2.75) is 69.2 Å². The van der Waals surface area contributed by atoms with Crippen LogP contribution in [0.1, 0.15) is 66.5 Å². The van der Waals surface area contributed by atoms with Gasteiger partial charge in [0.05, 0.1) is 0 Å². The van der Waals surface area contributed by atoms with Gasteiger partial charge in [-0.15, -0.1) is 0 Å². The van der Waals surface area contributed by atoms with Crippen molar-refractivity contribution in [2.75, 3.05) is 11.5 Å². The van der Waals surface area contributed by atoms with Gasteiger partial charge in [0.1, 0.15) is 0 Å². The van der Waals surface area contributed by atoms with Crippen molar-refractivity contribution in [3.63, 3.8) is 0 Å². The van der Waals surface area contributed by atoms with Crippen LogP contribution in [0.2, 0.25) is 0 Å². The molecule has 36 heavy (non-hydrogen) atoms. The predicted molar refractivity (Wildman–Crippen MR) is 167 cm³/mol. The summed E-state index contributed by atoms with van der Waals surface area (Å²) in [5.41, 5.74) is 20.5. The molecule has 0 radical (unpaired) electrons. The highest BCUT2D eigenvalue weighted by Gasteiger charge is 2.01. The summed E-state index contributed by atoms with van der Waals surface area (Å²) in [7, 11) is 0. The second-order valence-electron chi connectivity index (χ2n) is 6.90. The highest BCUT2D eigenvalue weighted by molar-refractivity contribution is 5.76. The Labute approximate surface area is 222 Å². The van der Waals surface area contributed by atoms with Crippen molar-refractivity contribution in [1.29, 1.82) is 0 Å². The van der Waals surface area contributed by atoms with E-state index in [1.165, 1.54) is 27.8 Å². The fourth-order valence-corrected chi connectivity index (χ4v) is 3.11. The predicted octanol–water partition coefficient (Wildman–Crippen LogP) is 10.6. The summed E-state index contributed by atoms with van der Waals surface area (Å²) < 4.78 is 0. The minimum atomic E-state index is 0.814. The highest BCUT2D eigenvalue weighted by atomic mass is 14.6. The zero-order valence-corrected chi connectivity index (χ0v) is 24.4. The lowest BCUT2D eigenvalue weighted by Gasteiger charge is -2.06. The van der Waals surface area contributed by atoms with E-state index in [2.05, 4.69) is 50.2 Å². The maximum atomic E-state index is 5.92. The molecule has 2 heteroatoms. The van der Waals surface area contributed by atoms with E-state index >= 15 is 0 Å². The van der Waals surface area contributed by atoms with Crippen molar-refractivity contribution in [2.24, 2.45) is 0 Å². The molecule has 2 nitrogen and oxygen atoms in total. The molecule has 0 amide bonds. The van der Waals surface area contributed by atoms with Crippen LogP contribution in [0.25, 0.3) is 22.3 Å². The number of hydrogen-bond donors (Lipinski definition) is 2. The Balaban J connectivity index is 0. The van der Waals surface area contributed by atoms with Crippen LogP contribution in [0.4, 0.5) is 11.4 Å². The van der Waals surface area contributed by atoms with Gasteiger partial charge in [0.15, 0.2) is 0 Å². The quantitative estimate of drug-likeness (QED) is 0.277. The van der Waals surface area contributed by atoms with Crippen molar-refractivity contribution >= 4 is 11.4 Å². The summed E-state index contributed by atoms with van der Waals surface area (Å²) in [6, 6.07) is 32.6. The smallest absolute Gasteiger partial charge is 0.0393 e. The van der Waals surface area contributed by atoms with Crippen molar-refractivity contribution < 1.29 is 0 Å². The van der Waals surface area contributed by atoms with Crippen molar-refractivity contribution in [3.05, 3.63) is 108 Å². The van der Waals surface area contributed by atoms with Crippen LogP contribution < -0.4 is 11.5 Å². The first kappa shape index (κ1) is 34.6. The molecule has 0 heterocycles. The molecule has 4 N–H and O–H groups in total. The first-order valence-corrected chi connectivity index (χ1v) is 13.4. The zero-order chi connectivity index (χ0) is 27.9. The maximum absolute atomic E-state index is 5.92. The van der Waals surface area contributed by atoms with Crippen LogP contribution in [0.15, 0.2) is 97.1 Å². The lowest BCUT2D eigenvalue weighted by atomic mass is 10.0. The number of aryl methyl sites for hydroxylation is 2. The number of nitrogen functional groups attached to an aromatic ring is 2. The first-order valence-electron chi connectivity index (χ1n) is 13.4. The van der Waals surface area contributed by atoms with Crippen molar-refractivity contribution in [1.82, 2.24) is 0 Å². The van der Waals surface area contributed by atoms with Crippen LogP contribution in [0.5, 0.6) is 0 Å². The number of nitrogens with two attached hydrogens (primary N) is 2. The van der Waals surface area contributed by atoms with E-state index in [1.807, 2.05) is 116 Å². The second-order valence-corrected chi connectivity index (χ2v) is 6.90. The average Bonchev–Trinajstić information content (AvgIpc) is 2.97. The number of benzene rings is 4. The molecular weight excluding hydrogens is 436 g/mol. The van der Waals surface area contributed by atoms with Crippen LogP contribution in [0.3, 0.4) is 0 Å². The third-order valence-electron chi connectivity index (χ3n) is 4.64. The van der Waals surface area contributed by atoms with Crippen LogP contribution in [-0.2, 0) is 0 Å². The lowest BCUT2D eigenvalue weighted by molar-refractivity contribution is 1.46. The Morgan fingerprint density at radius 3 is 1.36 bits per heavy atom. The molecule has 0 saturated carbocycles. The second kappa shape index (κ2) is 22.0. The molecule has 0 atom stereocenters. The molecule has 0 fully saturated rings. The summed E-state index contributed by atoms with van der Waals surface area (Å²) in [4.78, 5) is 0. The van der Waals surface area contributed by atoms with Crippen LogP contribution in [-0.4, -0.2) is 0 Å². The van der Waals surface area contributed by atoms with Crippen molar-refractivity contribution in [3.8, 4) is 22.3 Å². The Morgan fingerprint density at radius 1 is 0.444 bits per heavy atom. The van der Waals surface area contributed by atoms with Crippen LogP contribution in [0, 0.1) is 13.8 Å². The summed E-state index contributed by atoms with van der Waals surface area (Å²) in [6.07, 6.45) is 0. The third-order valence-corrected chi connectivity index (χ3v) is 4.64. The molecule has 4 aromatic rings. The van der Waals surface area contributed by atoms with Crippen LogP contribution >= 0.6 is 0 Å². The summed E-state index contributed by atoms with van der Waals surface area (Å²) in [5.74, 6) is 0.